The molecule has 0 spiro atoms. The Hall–Kier alpha value is -2.56. The Labute approximate surface area is 174 Å². The summed E-state index contributed by atoms with van der Waals surface area (Å²) in [4.78, 5) is 25.2. The van der Waals surface area contributed by atoms with Gasteiger partial charge >= 0.3 is 0 Å². The second kappa shape index (κ2) is 9.58. The minimum absolute atomic E-state index is 0.151. The zero-order valence-corrected chi connectivity index (χ0v) is 17.0. The Bertz CT molecular complexity index is 972. The summed E-state index contributed by atoms with van der Waals surface area (Å²) in [5.41, 5.74) is 3.79. The molecule has 3 aromatic carbocycles. The lowest BCUT2D eigenvalue weighted by atomic mass is 10.0. The molecule has 0 aliphatic heterocycles. The molecule has 1 amide bonds. The first kappa shape index (κ1) is 20.2. The fourth-order valence-electron chi connectivity index (χ4n) is 2.69. The predicted octanol–water partition coefficient (Wildman–Crippen LogP) is 5.75. The van der Waals surface area contributed by atoms with Crippen LogP contribution >= 0.6 is 23.4 Å². The van der Waals surface area contributed by atoms with Gasteiger partial charge in [-0.25, -0.2) is 0 Å². The summed E-state index contributed by atoms with van der Waals surface area (Å²) in [6.45, 7) is 2.05. The molecule has 3 nitrogen and oxygen atoms in total. The van der Waals surface area contributed by atoms with Crippen molar-refractivity contribution in [3.63, 3.8) is 0 Å². The first-order valence-corrected chi connectivity index (χ1v) is 10.4. The van der Waals surface area contributed by atoms with Crippen LogP contribution in [0.2, 0.25) is 5.02 Å². The maximum absolute atomic E-state index is 12.8. The maximum atomic E-state index is 12.8. The Morgan fingerprint density at radius 2 is 1.68 bits per heavy atom. The molecule has 0 saturated carbocycles. The summed E-state index contributed by atoms with van der Waals surface area (Å²) in [5, 5.41) is 3.29. The lowest BCUT2D eigenvalue weighted by Gasteiger charge is -2.11. The molecule has 0 aliphatic rings. The van der Waals surface area contributed by atoms with Crippen molar-refractivity contribution in [2.24, 2.45) is 0 Å². The summed E-state index contributed by atoms with van der Waals surface area (Å²) in [5.74, 6) is 0.729. The van der Waals surface area contributed by atoms with Crippen LogP contribution in [-0.2, 0) is 10.5 Å². The average Bonchev–Trinajstić information content (AvgIpc) is 2.71. The standard InChI is InChI=1S/C23H20ClNO2S/c1-16-7-9-17(10-8-16)14-28-15-22(26)25-21-12-11-19(24)13-20(21)23(27)18-5-3-2-4-6-18/h2-13H,14-15H2,1H3,(H,25,26). The lowest BCUT2D eigenvalue weighted by Crippen LogP contribution is -2.17. The van der Waals surface area contributed by atoms with E-state index < -0.39 is 0 Å². The molecular weight excluding hydrogens is 390 g/mol. The number of hydrogen-bond acceptors (Lipinski definition) is 3. The average molecular weight is 410 g/mol. The number of aryl methyl sites for hydroxylation is 1. The number of carbonyl (C=O) groups excluding carboxylic acids is 2. The first-order chi connectivity index (χ1) is 13.5. The third-order valence-corrected chi connectivity index (χ3v) is 5.40. The number of nitrogens with one attached hydrogen (secondary N) is 1. The van der Waals surface area contributed by atoms with Crippen molar-refractivity contribution in [2.75, 3.05) is 11.1 Å². The van der Waals surface area contributed by atoms with Crippen molar-refractivity contribution < 1.29 is 9.59 Å². The molecule has 0 aliphatic carbocycles. The quantitative estimate of drug-likeness (QED) is 0.505. The Balaban J connectivity index is 1.65. The van der Waals surface area contributed by atoms with E-state index in [9.17, 15) is 9.59 Å². The van der Waals surface area contributed by atoms with Crippen LogP contribution in [0.15, 0.2) is 72.8 Å². The second-order valence-corrected chi connectivity index (χ2v) is 7.83. The molecule has 142 valence electrons. The predicted molar refractivity (Wildman–Crippen MR) is 117 cm³/mol. The van der Waals surface area contributed by atoms with Gasteiger partial charge in [0.1, 0.15) is 0 Å². The summed E-state index contributed by atoms with van der Waals surface area (Å²) in [6.07, 6.45) is 0. The number of hydrogen-bond donors (Lipinski definition) is 1. The van der Waals surface area contributed by atoms with Gasteiger partial charge in [-0.2, -0.15) is 0 Å². The van der Waals surface area contributed by atoms with Crippen LogP contribution in [0.4, 0.5) is 5.69 Å². The third kappa shape index (κ3) is 5.47. The molecule has 1 N–H and O–H groups in total. The summed E-state index contributed by atoms with van der Waals surface area (Å²) in [7, 11) is 0. The van der Waals surface area contributed by atoms with Crippen LogP contribution in [0, 0.1) is 6.92 Å². The summed E-state index contributed by atoms with van der Waals surface area (Å²) < 4.78 is 0. The number of benzene rings is 3. The van der Waals surface area contributed by atoms with Crippen molar-refractivity contribution >= 4 is 40.7 Å². The highest BCUT2D eigenvalue weighted by atomic mass is 35.5. The smallest absolute Gasteiger partial charge is 0.234 e. The molecule has 0 unspecified atom stereocenters. The van der Waals surface area contributed by atoms with Gasteiger partial charge in [0.2, 0.25) is 5.91 Å². The van der Waals surface area contributed by atoms with Crippen LogP contribution in [0.1, 0.15) is 27.0 Å². The Morgan fingerprint density at radius 1 is 0.964 bits per heavy atom. The molecule has 0 bridgehead atoms. The van der Waals surface area contributed by atoms with E-state index in [0.717, 1.165) is 5.75 Å². The monoisotopic (exact) mass is 409 g/mol. The summed E-state index contributed by atoms with van der Waals surface area (Å²) in [6, 6.07) is 22.1. The Morgan fingerprint density at radius 3 is 2.39 bits per heavy atom. The number of halogens is 1. The number of thioether (sulfide) groups is 1. The number of rotatable bonds is 7. The van der Waals surface area contributed by atoms with Crippen molar-refractivity contribution in [3.05, 3.63) is 100 Å². The van der Waals surface area contributed by atoms with Gasteiger partial charge in [-0.05, 0) is 30.7 Å². The van der Waals surface area contributed by atoms with E-state index in [1.165, 1.54) is 22.9 Å². The molecular formula is C23H20ClNO2S. The highest BCUT2D eigenvalue weighted by Crippen LogP contribution is 2.24. The van der Waals surface area contributed by atoms with Crippen molar-refractivity contribution in [3.8, 4) is 0 Å². The summed E-state index contributed by atoms with van der Waals surface area (Å²) >= 11 is 7.61. The Kier molecular flexibility index (Phi) is 6.90. The van der Waals surface area contributed by atoms with Crippen molar-refractivity contribution in [2.45, 2.75) is 12.7 Å². The van der Waals surface area contributed by atoms with E-state index in [-0.39, 0.29) is 11.7 Å². The highest BCUT2D eigenvalue weighted by molar-refractivity contribution is 7.99. The molecule has 0 aromatic heterocycles. The molecule has 5 heteroatoms. The minimum atomic E-state index is -0.175. The SMILES string of the molecule is Cc1ccc(CSCC(=O)Nc2ccc(Cl)cc2C(=O)c2ccccc2)cc1. The number of carbonyl (C=O) groups is 2. The number of amides is 1. The third-order valence-electron chi connectivity index (χ3n) is 4.16. The van der Waals surface area contributed by atoms with Gasteiger partial charge < -0.3 is 5.32 Å². The molecule has 0 heterocycles. The van der Waals surface area contributed by atoms with Gasteiger partial charge in [0, 0.05) is 21.9 Å². The van der Waals surface area contributed by atoms with Crippen molar-refractivity contribution in [1.29, 1.82) is 0 Å². The number of ketones is 1. The van der Waals surface area contributed by atoms with Crippen LogP contribution in [0.5, 0.6) is 0 Å². The van der Waals surface area contributed by atoms with Crippen LogP contribution in [0.3, 0.4) is 0 Å². The normalized spacial score (nSPS) is 10.5. The molecule has 0 saturated heterocycles. The van der Waals surface area contributed by atoms with E-state index in [1.54, 1.807) is 42.5 Å². The van der Waals surface area contributed by atoms with Gasteiger partial charge in [-0.15, -0.1) is 11.8 Å². The van der Waals surface area contributed by atoms with E-state index in [2.05, 4.69) is 29.6 Å². The highest BCUT2D eigenvalue weighted by Gasteiger charge is 2.16. The van der Waals surface area contributed by atoms with Gasteiger partial charge in [0.25, 0.3) is 0 Å². The fourth-order valence-corrected chi connectivity index (χ4v) is 3.65. The minimum Gasteiger partial charge on any atom is -0.325 e. The largest absolute Gasteiger partial charge is 0.325 e. The van der Waals surface area contributed by atoms with Crippen molar-refractivity contribution in [1.82, 2.24) is 0 Å². The molecule has 3 aromatic rings. The van der Waals surface area contributed by atoms with Crippen LogP contribution in [-0.4, -0.2) is 17.4 Å². The molecule has 3 rings (SSSR count). The molecule has 0 radical (unpaired) electrons. The van der Waals surface area contributed by atoms with E-state index >= 15 is 0 Å². The fraction of sp³-hybridized carbons (Fsp3) is 0.130. The topological polar surface area (TPSA) is 46.2 Å². The van der Waals surface area contributed by atoms with Gasteiger partial charge in [0.15, 0.2) is 5.78 Å². The van der Waals surface area contributed by atoms with E-state index in [4.69, 9.17) is 11.6 Å². The number of anilines is 1. The maximum Gasteiger partial charge on any atom is 0.234 e. The molecule has 0 fully saturated rings. The van der Waals surface area contributed by atoms with E-state index in [1.807, 2.05) is 13.0 Å². The lowest BCUT2D eigenvalue weighted by molar-refractivity contribution is -0.113. The van der Waals surface area contributed by atoms with Crippen LogP contribution in [0.25, 0.3) is 0 Å². The molecule has 0 atom stereocenters. The van der Waals surface area contributed by atoms with Gasteiger partial charge in [0.05, 0.1) is 11.4 Å². The van der Waals surface area contributed by atoms with Gasteiger partial charge in [-0.3, -0.25) is 9.59 Å². The van der Waals surface area contributed by atoms with E-state index in [0.29, 0.717) is 27.6 Å². The second-order valence-electron chi connectivity index (χ2n) is 6.41. The zero-order chi connectivity index (χ0) is 19.9. The van der Waals surface area contributed by atoms with Crippen LogP contribution < -0.4 is 5.32 Å². The zero-order valence-electron chi connectivity index (χ0n) is 15.4. The first-order valence-electron chi connectivity index (χ1n) is 8.85. The van der Waals surface area contributed by atoms with Gasteiger partial charge in [-0.1, -0.05) is 71.8 Å². The molecule has 28 heavy (non-hydrogen) atoms.